The molecule has 0 N–H and O–H groups in total. The van der Waals surface area contributed by atoms with Gasteiger partial charge < -0.3 is 9.47 Å². The topological polar surface area (TPSA) is 97.5 Å². The van der Waals surface area contributed by atoms with Gasteiger partial charge in [0, 0.05) is 42.7 Å². The highest BCUT2D eigenvalue weighted by atomic mass is 19.1. The fraction of sp³-hybridized carbons (Fsp3) is 0.200. The molecule has 0 spiro atoms. The highest BCUT2D eigenvalue weighted by molar-refractivity contribution is 6.19. The number of hydrogen-bond donors (Lipinski definition) is 0. The average Bonchev–Trinajstić information content (AvgIpc) is 3.47. The number of carbonyl (C=O) groups is 2. The van der Waals surface area contributed by atoms with Gasteiger partial charge in [-0.1, -0.05) is 42.5 Å². The summed E-state index contributed by atoms with van der Waals surface area (Å²) in [5.41, 5.74) is 4.06. The van der Waals surface area contributed by atoms with Crippen LogP contribution < -0.4 is 4.74 Å². The van der Waals surface area contributed by atoms with Crippen LogP contribution >= 0.6 is 0 Å². The van der Waals surface area contributed by atoms with Gasteiger partial charge in [0.15, 0.2) is 0 Å². The van der Waals surface area contributed by atoms with Gasteiger partial charge in [0.2, 0.25) is 0 Å². The van der Waals surface area contributed by atoms with Crippen molar-refractivity contribution in [2.24, 2.45) is 0 Å². The molecule has 5 rings (SSSR count). The Bertz CT molecular complexity index is 1770. The number of para-hydroxylation sites is 1. The zero-order valence-electron chi connectivity index (χ0n) is 24.5. The summed E-state index contributed by atoms with van der Waals surface area (Å²) < 4.78 is 26.4. The maximum Gasteiger partial charge on any atom is 0.271 e. The van der Waals surface area contributed by atoms with Crippen LogP contribution in [0.15, 0.2) is 102 Å². The van der Waals surface area contributed by atoms with E-state index in [1.54, 1.807) is 29.8 Å². The van der Waals surface area contributed by atoms with Gasteiger partial charge >= 0.3 is 0 Å². The molecule has 1 aliphatic rings. The van der Waals surface area contributed by atoms with Crippen LogP contribution in [0.2, 0.25) is 0 Å². The molecule has 0 saturated carbocycles. The molecular weight excluding hydrogens is 559 g/mol. The van der Waals surface area contributed by atoms with E-state index in [0.29, 0.717) is 42.2 Å². The lowest BCUT2D eigenvalue weighted by Crippen LogP contribution is -2.43. The van der Waals surface area contributed by atoms with E-state index in [2.05, 4.69) is 0 Å². The normalized spacial score (nSPS) is 14.3. The number of hydrogen-bond acceptors (Lipinski definition) is 6. The first-order chi connectivity index (χ1) is 21.4. The molecule has 0 atom stereocenters. The van der Waals surface area contributed by atoms with Gasteiger partial charge in [0.25, 0.3) is 11.8 Å². The Kier molecular flexibility index (Phi) is 9.43. The summed E-state index contributed by atoms with van der Waals surface area (Å²) in [5, 5.41) is 14.7. The van der Waals surface area contributed by atoms with Gasteiger partial charge in [-0.2, -0.15) is 10.4 Å². The molecule has 0 radical (unpaired) electrons. The SMILES string of the molecule is CCOCCCN1C(=O)C(C#N)=C(C)/C(=C\c2cn(-c3ccccc3)nc2-c2cccc(OCc3ccc(F)cc3)c2)C1=O. The minimum atomic E-state index is -0.602. The Labute approximate surface area is 255 Å². The van der Waals surface area contributed by atoms with Crippen LogP contribution in [0.4, 0.5) is 4.39 Å². The largest absolute Gasteiger partial charge is 0.489 e. The highest BCUT2D eigenvalue weighted by Crippen LogP contribution is 2.32. The first-order valence-corrected chi connectivity index (χ1v) is 14.3. The Morgan fingerprint density at radius 2 is 1.77 bits per heavy atom. The fourth-order valence-corrected chi connectivity index (χ4v) is 4.87. The second-order valence-electron chi connectivity index (χ2n) is 10.1. The van der Waals surface area contributed by atoms with E-state index < -0.39 is 11.8 Å². The lowest BCUT2D eigenvalue weighted by molar-refractivity contribution is -0.140. The van der Waals surface area contributed by atoms with Crippen molar-refractivity contribution in [1.29, 1.82) is 5.26 Å². The smallest absolute Gasteiger partial charge is 0.271 e. The van der Waals surface area contributed by atoms with Crippen molar-refractivity contribution in [3.05, 3.63) is 119 Å². The Hall–Kier alpha value is -5.33. The van der Waals surface area contributed by atoms with Crippen molar-refractivity contribution < 1.29 is 23.5 Å². The molecule has 0 fully saturated rings. The Morgan fingerprint density at radius 1 is 1.00 bits per heavy atom. The maximum absolute atomic E-state index is 13.7. The van der Waals surface area contributed by atoms with E-state index in [0.717, 1.165) is 21.7 Å². The summed E-state index contributed by atoms with van der Waals surface area (Å²) in [6.45, 7) is 4.80. The molecule has 44 heavy (non-hydrogen) atoms. The minimum absolute atomic E-state index is 0.0690. The number of imide groups is 1. The first kappa shape index (κ1) is 30.1. The third kappa shape index (κ3) is 6.66. The van der Waals surface area contributed by atoms with Crippen LogP contribution in [-0.2, 0) is 20.9 Å². The zero-order chi connectivity index (χ0) is 31.1. The van der Waals surface area contributed by atoms with Crippen molar-refractivity contribution in [3.8, 4) is 28.8 Å². The molecule has 0 unspecified atom stereocenters. The standard InChI is InChI=1S/C35H31FN4O4/c1-3-43-18-8-17-39-34(41)31(24(2)32(21-37)35(39)42)20-27-22-40(29-10-5-4-6-11-29)38-33(27)26-9-7-12-30(19-26)44-23-25-13-15-28(36)16-14-25/h4-7,9-16,19-20,22H,3,8,17-18,23H2,1-2H3/b31-20+. The van der Waals surface area contributed by atoms with Gasteiger partial charge in [0.1, 0.15) is 35.5 Å². The van der Waals surface area contributed by atoms with Gasteiger partial charge in [-0.3, -0.25) is 14.5 Å². The number of aromatic nitrogens is 2. The first-order valence-electron chi connectivity index (χ1n) is 14.3. The summed E-state index contributed by atoms with van der Waals surface area (Å²) in [7, 11) is 0. The fourth-order valence-electron chi connectivity index (χ4n) is 4.87. The van der Waals surface area contributed by atoms with Crippen molar-refractivity contribution in [3.63, 3.8) is 0 Å². The van der Waals surface area contributed by atoms with Gasteiger partial charge in [-0.25, -0.2) is 9.07 Å². The molecule has 1 aliphatic heterocycles. The Balaban J connectivity index is 1.54. The van der Waals surface area contributed by atoms with Crippen molar-refractivity contribution in [2.45, 2.75) is 26.9 Å². The third-order valence-corrected chi connectivity index (χ3v) is 7.19. The number of rotatable bonds is 11. The number of benzene rings is 3. The number of amides is 2. The predicted molar refractivity (Wildman–Crippen MR) is 164 cm³/mol. The summed E-state index contributed by atoms with van der Waals surface area (Å²) >= 11 is 0. The summed E-state index contributed by atoms with van der Waals surface area (Å²) in [5.74, 6) is -0.803. The molecule has 2 heterocycles. The van der Waals surface area contributed by atoms with Crippen LogP contribution in [0.1, 0.15) is 31.4 Å². The van der Waals surface area contributed by atoms with Crippen molar-refractivity contribution in [2.75, 3.05) is 19.8 Å². The lowest BCUT2D eigenvalue weighted by Gasteiger charge is -2.27. The molecule has 1 aromatic heterocycles. The second kappa shape index (κ2) is 13.8. The number of nitriles is 1. The number of ether oxygens (including phenoxy) is 2. The highest BCUT2D eigenvalue weighted by Gasteiger charge is 2.35. The minimum Gasteiger partial charge on any atom is -0.489 e. The Morgan fingerprint density at radius 3 is 2.50 bits per heavy atom. The van der Waals surface area contributed by atoms with Crippen LogP contribution in [0.25, 0.3) is 23.0 Å². The van der Waals surface area contributed by atoms with E-state index >= 15 is 0 Å². The van der Waals surface area contributed by atoms with Gasteiger partial charge in [-0.15, -0.1) is 0 Å². The molecule has 8 nitrogen and oxygen atoms in total. The van der Waals surface area contributed by atoms with Crippen molar-refractivity contribution in [1.82, 2.24) is 14.7 Å². The molecule has 2 amide bonds. The molecule has 0 bridgehead atoms. The molecule has 222 valence electrons. The number of halogens is 1. The summed E-state index contributed by atoms with van der Waals surface area (Å²) in [6.07, 6.45) is 3.95. The van der Waals surface area contributed by atoms with Gasteiger partial charge in [-0.05, 0) is 73.9 Å². The number of carbonyl (C=O) groups excluding carboxylic acids is 2. The zero-order valence-corrected chi connectivity index (χ0v) is 24.5. The van der Waals surface area contributed by atoms with E-state index in [1.165, 1.54) is 12.1 Å². The predicted octanol–water partition coefficient (Wildman–Crippen LogP) is 6.28. The monoisotopic (exact) mass is 590 g/mol. The van der Waals surface area contributed by atoms with Crippen LogP contribution in [0.3, 0.4) is 0 Å². The molecule has 3 aromatic carbocycles. The van der Waals surface area contributed by atoms with E-state index in [9.17, 15) is 19.2 Å². The van der Waals surface area contributed by atoms with Crippen LogP contribution in [-0.4, -0.2) is 46.3 Å². The summed E-state index contributed by atoms with van der Waals surface area (Å²) in [6, 6.07) is 25.1. The number of nitrogens with zero attached hydrogens (tertiary/aromatic N) is 4. The van der Waals surface area contributed by atoms with Crippen LogP contribution in [0.5, 0.6) is 5.75 Å². The van der Waals surface area contributed by atoms with E-state index in [1.807, 2.05) is 73.8 Å². The molecule has 4 aromatic rings. The second-order valence-corrected chi connectivity index (χ2v) is 10.1. The average molecular weight is 591 g/mol. The van der Waals surface area contributed by atoms with Crippen molar-refractivity contribution >= 4 is 17.9 Å². The lowest BCUT2D eigenvalue weighted by atomic mass is 9.93. The van der Waals surface area contributed by atoms with E-state index in [4.69, 9.17) is 14.6 Å². The third-order valence-electron chi connectivity index (χ3n) is 7.19. The molecular formula is C35H31FN4O4. The summed E-state index contributed by atoms with van der Waals surface area (Å²) in [4.78, 5) is 27.8. The van der Waals surface area contributed by atoms with Gasteiger partial charge in [0.05, 0.1) is 5.69 Å². The quantitative estimate of drug-likeness (QED) is 0.116. The molecule has 0 saturated heterocycles. The molecule has 9 heteroatoms. The van der Waals surface area contributed by atoms with E-state index in [-0.39, 0.29) is 30.1 Å². The molecule has 0 aliphatic carbocycles. The maximum atomic E-state index is 13.7. The van der Waals surface area contributed by atoms with Crippen LogP contribution in [0, 0.1) is 17.1 Å².